The number of rotatable bonds is 7. The molecule has 0 bridgehead atoms. The van der Waals surface area contributed by atoms with Gasteiger partial charge in [0.25, 0.3) is 5.91 Å². The molecule has 178 valence electrons. The summed E-state index contributed by atoms with van der Waals surface area (Å²) in [6.45, 7) is 1.67. The highest BCUT2D eigenvalue weighted by Crippen LogP contribution is 2.28. The average molecular weight is 538 g/mol. The number of benzene rings is 3. The van der Waals surface area contributed by atoms with Crippen LogP contribution in [0.3, 0.4) is 0 Å². The fraction of sp³-hybridized carbons (Fsp3) is 0.115. The van der Waals surface area contributed by atoms with Crippen LogP contribution < -0.4 is 15.4 Å². The number of urea groups is 1. The fourth-order valence-corrected chi connectivity index (χ4v) is 3.97. The SMILES string of the molecule is Cc1cccc(NC(=O)CN2C(=O)N/C(=C/c3ccc(OCc4cccc(F)c4)c(Br)c3)C2=O)c1. The largest absolute Gasteiger partial charge is 0.488 e. The van der Waals surface area contributed by atoms with E-state index in [9.17, 15) is 18.8 Å². The second kappa shape index (κ2) is 10.5. The van der Waals surface area contributed by atoms with E-state index in [1.54, 1.807) is 48.5 Å². The lowest BCUT2D eigenvalue weighted by molar-refractivity contribution is -0.127. The van der Waals surface area contributed by atoms with Gasteiger partial charge in [-0.2, -0.15) is 0 Å². The highest BCUT2D eigenvalue weighted by molar-refractivity contribution is 9.10. The first-order valence-electron chi connectivity index (χ1n) is 10.7. The number of nitrogens with one attached hydrogen (secondary N) is 2. The van der Waals surface area contributed by atoms with Crippen LogP contribution in [-0.4, -0.2) is 29.3 Å². The maximum atomic E-state index is 13.3. The fourth-order valence-electron chi connectivity index (χ4n) is 3.46. The Labute approximate surface area is 209 Å². The number of carbonyl (C=O) groups excluding carboxylic acids is 3. The monoisotopic (exact) mass is 537 g/mol. The third-order valence-corrected chi connectivity index (χ3v) is 5.74. The van der Waals surface area contributed by atoms with Crippen molar-refractivity contribution in [2.24, 2.45) is 0 Å². The molecule has 4 amide bonds. The summed E-state index contributed by atoms with van der Waals surface area (Å²) in [7, 11) is 0. The van der Waals surface area contributed by atoms with E-state index in [0.717, 1.165) is 10.5 Å². The van der Waals surface area contributed by atoms with Gasteiger partial charge in [-0.05, 0) is 82.0 Å². The van der Waals surface area contributed by atoms with Gasteiger partial charge < -0.3 is 15.4 Å². The first kappa shape index (κ1) is 24.2. The van der Waals surface area contributed by atoms with Crippen molar-refractivity contribution in [3.05, 3.63) is 99.4 Å². The van der Waals surface area contributed by atoms with Crippen LogP contribution in [0.2, 0.25) is 0 Å². The van der Waals surface area contributed by atoms with Crippen LogP contribution in [0.5, 0.6) is 5.75 Å². The van der Waals surface area contributed by atoms with E-state index in [2.05, 4.69) is 26.6 Å². The molecule has 0 aliphatic carbocycles. The van der Waals surface area contributed by atoms with Crippen LogP contribution in [0.15, 0.2) is 76.9 Å². The predicted octanol–water partition coefficient (Wildman–Crippen LogP) is 5.01. The molecule has 3 aromatic carbocycles. The molecule has 1 aliphatic heterocycles. The number of ether oxygens (including phenoxy) is 1. The average Bonchev–Trinajstić information content (AvgIpc) is 3.06. The quantitative estimate of drug-likeness (QED) is 0.327. The number of amides is 4. The highest BCUT2D eigenvalue weighted by atomic mass is 79.9. The Morgan fingerprint density at radius 3 is 2.66 bits per heavy atom. The number of hydrogen-bond acceptors (Lipinski definition) is 4. The number of anilines is 1. The van der Waals surface area contributed by atoms with Crippen LogP contribution >= 0.6 is 15.9 Å². The Morgan fingerprint density at radius 1 is 1.11 bits per heavy atom. The van der Waals surface area contributed by atoms with Crippen molar-refractivity contribution in [2.45, 2.75) is 13.5 Å². The zero-order valence-corrected chi connectivity index (χ0v) is 20.3. The lowest BCUT2D eigenvalue weighted by Crippen LogP contribution is -2.38. The number of nitrogens with zero attached hydrogens (tertiary/aromatic N) is 1. The van der Waals surface area contributed by atoms with Crippen molar-refractivity contribution in [3.8, 4) is 5.75 Å². The van der Waals surface area contributed by atoms with E-state index in [-0.39, 0.29) is 18.1 Å². The Balaban J connectivity index is 1.40. The van der Waals surface area contributed by atoms with Gasteiger partial charge >= 0.3 is 6.03 Å². The molecule has 1 saturated heterocycles. The van der Waals surface area contributed by atoms with Crippen LogP contribution in [-0.2, 0) is 16.2 Å². The molecule has 35 heavy (non-hydrogen) atoms. The minimum absolute atomic E-state index is 0.0543. The molecule has 1 aliphatic rings. The van der Waals surface area contributed by atoms with E-state index >= 15 is 0 Å². The second-order valence-electron chi connectivity index (χ2n) is 7.91. The van der Waals surface area contributed by atoms with E-state index in [0.29, 0.717) is 27.0 Å². The van der Waals surface area contributed by atoms with E-state index in [1.807, 2.05) is 13.0 Å². The van der Waals surface area contributed by atoms with Crippen molar-refractivity contribution in [1.82, 2.24) is 10.2 Å². The van der Waals surface area contributed by atoms with E-state index < -0.39 is 24.4 Å². The molecule has 2 N–H and O–H groups in total. The van der Waals surface area contributed by atoms with Gasteiger partial charge in [-0.1, -0.05) is 30.3 Å². The lowest BCUT2D eigenvalue weighted by atomic mass is 10.2. The van der Waals surface area contributed by atoms with E-state index in [1.165, 1.54) is 18.2 Å². The van der Waals surface area contributed by atoms with Gasteiger partial charge in [0.2, 0.25) is 5.91 Å². The maximum Gasteiger partial charge on any atom is 0.329 e. The molecule has 0 aromatic heterocycles. The zero-order valence-electron chi connectivity index (χ0n) is 18.7. The normalized spacial score (nSPS) is 14.3. The second-order valence-corrected chi connectivity index (χ2v) is 8.76. The molecule has 7 nitrogen and oxygen atoms in total. The van der Waals surface area contributed by atoms with Crippen molar-refractivity contribution in [3.63, 3.8) is 0 Å². The standard InChI is InChI=1S/C26H21BrFN3O4/c1-16-4-2-7-20(10-16)29-24(32)14-31-25(33)22(30-26(31)34)13-17-8-9-23(21(27)12-17)35-15-18-5-3-6-19(28)11-18/h2-13H,14-15H2,1H3,(H,29,32)(H,30,34)/b22-13+. The third kappa shape index (κ3) is 6.13. The number of imide groups is 1. The first-order valence-corrected chi connectivity index (χ1v) is 11.5. The van der Waals surface area contributed by atoms with Gasteiger partial charge in [-0.3, -0.25) is 9.59 Å². The first-order chi connectivity index (χ1) is 16.8. The molecule has 9 heteroatoms. The summed E-state index contributed by atoms with van der Waals surface area (Å²) in [5, 5.41) is 5.19. The van der Waals surface area contributed by atoms with Crippen molar-refractivity contribution in [2.75, 3.05) is 11.9 Å². The predicted molar refractivity (Wildman–Crippen MR) is 133 cm³/mol. The summed E-state index contributed by atoms with van der Waals surface area (Å²) in [4.78, 5) is 38.2. The molecule has 3 aromatic rings. The van der Waals surface area contributed by atoms with Gasteiger partial charge in [0.15, 0.2) is 0 Å². The summed E-state index contributed by atoms with van der Waals surface area (Å²) >= 11 is 3.43. The van der Waals surface area contributed by atoms with Crippen LogP contribution in [0.25, 0.3) is 6.08 Å². The Bertz CT molecular complexity index is 1340. The summed E-state index contributed by atoms with van der Waals surface area (Å²) in [5.74, 6) is -0.885. The molecule has 1 fully saturated rings. The minimum atomic E-state index is -0.672. The van der Waals surface area contributed by atoms with Gasteiger partial charge in [0.05, 0.1) is 4.47 Å². The summed E-state index contributed by atoms with van der Waals surface area (Å²) in [6.07, 6.45) is 1.51. The minimum Gasteiger partial charge on any atom is -0.488 e. The topological polar surface area (TPSA) is 87.7 Å². The van der Waals surface area contributed by atoms with Crippen molar-refractivity contribution in [1.29, 1.82) is 0 Å². The molecule has 1 heterocycles. The van der Waals surface area contributed by atoms with Gasteiger partial charge in [-0.15, -0.1) is 0 Å². The van der Waals surface area contributed by atoms with Crippen LogP contribution in [0, 0.1) is 12.7 Å². The number of carbonyl (C=O) groups is 3. The summed E-state index contributed by atoms with van der Waals surface area (Å²) in [6, 6.07) is 17.8. The molecule has 0 atom stereocenters. The summed E-state index contributed by atoms with van der Waals surface area (Å²) in [5.41, 5.74) is 2.93. The number of halogens is 2. The Morgan fingerprint density at radius 2 is 1.91 bits per heavy atom. The molecule has 0 spiro atoms. The molecule has 0 radical (unpaired) electrons. The van der Waals surface area contributed by atoms with Gasteiger partial charge in [-0.25, -0.2) is 14.1 Å². The Kier molecular flexibility index (Phi) is 7.26. The van der Waals surface area contributed by atoms with Gasteiger partial charge in [0, 0.05) is 5.69 Å². The van der Waals surface area contributed by atoms with Crippen molar-refractivity contribution < 1.29 is 23.5 Å². The highest BCUT2D eigenvalue weighted by Gasteiger charge is 2.34. The molecular formula is C26H21BrFN3O4. The molecule has 0 saturated carbocycles. The molecular weight excluding hydrogens is 517 g/mol. The van der Waals surface area contributed by atoms with Gasteiger partial charge in [0.1, 0.15) is 30.4 Å². The maximum absolute atomic E-state index is 13.3. The Hall–Kier alpha value is -3.98. The lowest BCUT2D eigenvalue weighted by Gasteiger charge is -2.12. The van der Waals surface area contributed by atoms with Crippen LogP contribution in [0.4, 0.5) is 14.9 Å². The molecule has 0 unspecified atom stereocenters. The number of hydrogen-bond donors (Lipinski definition) is 2. The molecule has 4 rings (SSSR count). The number of aryl methyl sites for hydroxylation is 1. The van der Waals surface area contributed by atoms with Crippen LogP contribution in [0.1, 0.15) is 16.7 Å². The van der Waals surface area contributed by atoms with Crippen molar-refractivity contribution >= 4 is 45.5 Å². The third-order valence-electron chi connectivity index (χ3n) is 5.12. The smallest absolute Gasteiger partial charge is 0.329 e. The summed E-state index contributed by atoms with van der Waals surface area (Å²) < 4.78 is 19.7. The zero-order chi connectivity index (χ0) is 24.9. The van der Waals surface area contributed by atoms with E-state index in [4.69, 9.17) is 4.74 Å².